The molecule has 2 saturated heterocycles. The summed E-state index contributed by atoms with van der Waals surface area (Å²) in [5.41, 5.74) is 0.516. The molecule has 2 aliphatic rings. The summed E-state index contributed by atoms with van der Waals surface area (Å²) in [6.45, 7) is 14.5. The van der Waals surface area contributed by atoms with Crippen molar-refractivity contribution < 1.29 is 4.74 Å². The molecule has 19 heavy (non-hydrogen) atoms. The lowest BCUT2D eigenvalue weighted by Gasteiger charge is -2.41. The number of hydrogen-bond acceptors (Lipinski definition) is 4. The van der Waals surface area contributed by atoms with Crippen LogP contribution in [0.5, 0.6) is 0 Å². The van der Waals surface area contributed by atoms with Crippen LogP contribution in [0.25, 0.3) is 0 Å². The van der Waals surface area contributed by atoms with Gasteiger partial charge in [-0.25, -0.2) is 0 Å². The van der Waals surface area contributed by atoms with Crippen LogP contribution in [0, 0.1) is 5.41 Å². The molecular weight excluding hydrogens is 256 g/mol. The van der Waals surface area contributed by atoms with Crippen LogP contribution in [0.3, 0.4) is 0 Å². The highest BCUT2D eigenvalue weighted by Gasteiger charge is 2.38. The van der Waals surface area contributed by atoms with E-state index in [1.807, 2.05) is 0 Å². The summed E-state index contributed by atoms with van der Waals surface area (Å²) in [5, 5.41) is 3.70. The van der Waals surface area contributed by atoms with E-state index in [1.54, 1.807) is 0 Å². The molecule has 2 unspecified atom stereocenters. The van der Waals surface area contributed by atoms with Gasteiger partial charge in [-0.3, -0.25) is 4.90 Å². The van der Waals surface area contributed by atoms with Crippen molar-refractivity contribution in [3.63, 3.8) is 0 Å². The second-order valence-corrected chi connectivity index (χ2v) is 8.45. The SMILES string of the molecule is CC1CSCCN1CC1(CNC(C)(C)C)CCOC1. The van der Waals surface area contributed by atoms with E-state index in [4.69, 9.17) is 4.74 Å². The quantitative estimate of drug-likeness (QED) is 0.856. The Morgan fingerprint density at radius 2 is 2.21 bits per heavy atom. The summed E-state index contributed by atoms with van der Waals surface area (Å²) in [4.78, 5) is 2.68. The van der Waals surface area contributed by atoms with E-state index >= 15 is 0 Å². The van der Waals surface area contributed by atoms with E-state index < -0.39 is 0 Å². The Balaban J connectivity index is 1.94. The minimum absolute atomic E-state index is 0.193. The van der Waals surface area contributed by atoms with E-state index in [-0.39, 0.29) is 5.54 Å². The largest absolute Gasteiger partial charge is 0.381 e. The molecule has 0 bridgehead atoms. The molecule has 0 radical (unpaired) electrons. The number of rotatable bonds is 4. The Kier molecular flexibility index (Phi) is 5.21. The summed E-state index contributed by atoms with van der Waals surface area (Å²) in [5.74, 6) is 2.57. The van der Waals surface area contributed by atoms with E-state index in [2.05, 4.69) is 49.7 Å². The number of hydrogen-bond donors (Lipinski definition) is 1. The van der Waals surface area contributed by atoms with Gasteiger partial charge in [-0.05, 0) is 34.1 Å². The van der Waals surface area contributed by atoms with Crippen molar-refractivity contribution in [2.45, 2.75) is 45.7 Å². The molecule has 3 nitrogen and oxygen atoms in total. The third-order valence-corrected chi connectivity index (χ3v) is 5.41. The van der Waals surface area contributed by atoms with Gasteiger partial charge in [0.15, 0.2) is 0 Å². The average molecular weight is 286 g/mol. The highest BCUT2D eigenvalue weighted by molar-refractivity contribution is 7.99. The van der Waals surface area contributed by atoms with Crippen LogP contribution in [0.4, 0.5) is 0 Å². The van der Waals surface area contributed by atoms with Crippen LogP contribution < -0.4 is 5.32 Å². The van der Waals surface area contributed by atoms with Crippen molar-refractivity contribution in [1.82, 2.24) is 10.2 Å². The predicted molar refractivity (Wildman–Crippen MR) is 84.0 cm³/mol. The zero-order valence-electron chi connectivity index (χ0n) is 13.0. The fourth-order valence-corrected chi connectivity index (χ4v) is 3.93. The zero-order chi connectivity index (χ0) is 13.9. The minimum Gasteiger partial charge on any atom is -0.381 e. The average Bonchev–Trinajstić information content (AvgIpc) is 2.78. The first-order valence-corrected chi connectivity index (χ1v) is 8.70. The molecule has 4 heteroatoms. The first-order valence-electron chi connectivity index (χ1n) is 7.55. The van der Waals surface area contributed by atoms with Crippen molar-refractivity contribution in [1.29, 1.82) is 0 Å². The van der Waals surface area contributed by atoms with Crippen LogP contribution in [0.1, 0.15) is 34.1 Å². The molecule has 0 spiro atoms. The summed E-state index contributed by atoms with van der Waals surface area (Å²) in [6.07, 6.45) is 1.20. The second-order valence-electron chi connectivity index (χ2n) is 7.30. The molecule has 2 rings (SSSR count). The Bertz CT molecular complexity index is 284. The van der Waals surface area contributed by atoms with Crippen molar-refractivity contribution in [2.24, 2.45) is 5.41 Å². The maximum absolute atomic E-state index is 5.73. The number of thioether (sulfide) groups is 1. The number of nitrogens with one attached hydrogen (secondary N) is 1. The summed E-state index contributed by atoms with van der Waals surface area (Å²) in [6, 6.07) is 0.714. The van der Waals surface area contributed by atoms with E-state index in [0.29, 0.717) is 11.5 Å². The van der Waals surface area contributed by atoms with Crippen LogP contribution in [0.15, 0.2) is 0 Å². The molecule has 0 aromatic rings. The summed E-state index contributed by atoms with van der Waals surface area (Å²) >= 11 is 2.09. The molecule has 2 atom stereocenters. The van der Waals surface area contributed by atoms with Gasteiger partial charge in [0.05, 0.1) is 6.61 Å². The standard InChI is InChI=1S/C15H30N2OS/c1-13-9-19-8-6-17(13)11-15(5-7-18-12-15)10-16-14(2,3)4/h13,16H,5-12H2,1-4H3. The maximum Gasteiger partial charge on any atom is 0.0547 e. The van der Waals surface area contributed by atoms with E-state index in [0.717, 1.165) is 19.8 Å². The predicted octanol–water partition coefficient (Wildman–Crippen LogP) is 2.22. The first kappa shape index (κ1) is 15.6. The molecule has 0 amide bonds. The third kappa shape index (κ3) is 4.62. The molecule has 2 fully saturated rings. The smallest absolute Gasteiger partial charge is 0.0547 e. The summed E-state index contributed by atoms with van der Waals surface area (Å²) < 4.78 is 5.73. The van der Waals surface area contributed by atoms with Gasteiger partial charge in [0.2, 0.25) is 0 Å². The van der Waals surface area contributed by atoms with Gasteiger partial charge < -0.3 is 10.1 Å². The molecule has 0 aromatic heterocycles. The molecule has 1 N–H and O–H groups in total. The minimum atomic E-state index is 0.193. The fourth-order valence-electron chi connectivity index (χ4n) is 2.85. The highest BCUT2D eigenvalue weighted by atomic mass is 32.2. The van der Waals surface area contributed by atoms with Crippen LogP contribution in [-0.2, 0) is 4.74 Å². The van der Waals surface area contributed by atoms with Gasteiger partial charge >= 0.3 is 0 Å². The molecule has 0 aliphatic carbocycles. The Labute approximate surface area is 122 Å². The fraction of sp³-hybridized carbons (Fsp3) is 1.00. The van der Waals surface area contributed by atoms with Gasteiger partial charge in [-0.15, -0.1) is 0 Å². The first-order chi connectivity index (χ1) is 8.90. The number of nitrogens with zero attached hydrogens (tertiary/aromatic N) is 1. The second kappa shape index (κ2) is 6.33. The van der Waals surface area contributed by atoms with Gasteiger partial charge in [0.25, 0.3) is 0 Å². The molecule has 112 valence electrons. The maximum atomic E-state index is 5.73. The number of ether oxygens (including phenoxy) is 1. The normalized spacial score (nSPS) is 33.8. The Hall–Kier alpha value is 0.230. The van der Waals surface area contributed by atoms with E-state index in [1.165, 1.54) is 31.0 Å². The zero-order valence-corrected chi connectivity index (χ0v) is 13.8. The van der Waals surface area contributed by atoms with Crippen molar-refractivity contribution in [3.8, 4) is 0 Å². The van der Waals surface area contributed by atoms with Gasteiger partial charge in [0, 0.05) is 54.7 Å². The van der Waals surface area contributed by atoms with Crippen LogP contribution >= 0.6 is 11.8 Å². The Morgan fingerprint density at radius 1 is 1.42 bits per heavy atom. The highest BCUT2D eigenvalue weighted by Crippen LogP contribution is 2.31. The van der Waals surface area contributed by atoms with Crippen LogP contribution in [-0.4, -0.2) is 60.8 Å². The molecule has 2 aliphatic heterocycles. The molecule has 0 aromatic carbocycles. The van der Waals surface area contributed by atoms with Crippen LogP contribution in [0.2, 0.25) is 0 Å². The van der Waals surface area contributed by atoms with Crippen molar-refractivity contribution >= 4 is 11.8 Å². The van der Waals surface area contributed by atoms with E-state index in [9.17, 15) is 0 Å². The molecule has 0 saturated carbocycles. The van der Waals surface area contributed by atoms with Gasteiger partial charge in [0.1, 0.15) is 0 Å². The lowest BCUT2D eigenvalue weighted by molar-refractivity contribution is 0.0909. The van der Waals surface area contributed by atoms with Crippen molar-refractivity contribution in [2.75, 3.05) is 44.4 Å². The molecule has 2 heterocycles. The van der Waals surface area contributed by atoms with Gasteiger partial charge in [-0.1, -0.05) is 0 Å². The summed E-state index contributed by atoms with van der Waals surface area (Å²) in [7, 11) is 0. The van der Waals surface area contributed by atoms with Gasteiger partial charge in [-0.2, -0.15) is 11.8 Å². The molecular formula is C15H30N2OS. The lowest BCUT2D eigenvalue weighted by Crippen LogP contribution is -2.52. The monoisotopic (exact) mass is 286 g/mol. The lowest BCUT2D eigenvalue weighted by atomic mass is 9.85. The van der Waals surface area contributed by atoms with Crippen molar-refractivity contribution in [3.05, 3.63) is 0 Å². The Morgan fingerprint density at radius 3 is 2.79 bits per heavy atom. The third-order valence-electron chi connectivity index (χ3n) is 4.22. The topological polar surface area (TPSA) is 24.5 Å².